The first kappa shape index (κ1) is 20.5. The van der Waals surface area contributed by atoms with Gasteiger partial charge in [-0.05, 0) is 70.6 Å². The summed E-state index contributed by atoms with van der Waals surface area (Å²) in [5.74, 6) is -0.812. The van der Waals surface area contributed by atoms with Crippen molar-refractivity contribution in [2.24, 2.45) is 5.92 Å². The fourth-order valence-electron chi connectivity index (χ4n) is 2.58. The number of nitrogens with two attached hydrogens (primary N) is 1. The Morgan fingerprint density at radius 2 is 1.93 bits per heavy atom. The van der Waals surface area contributed by atoms with E-state index < -0.39 is 11.9 Å². The van der Waals surface area contributed by atoms with Crippen LogP contribution in [0.3, 0.4) is 0 Å². The first-order chi connectivity index (χ1) is 13.8. The highest BCUT2D eigenvalue weighted by atomic mass is 32.1. The van der Waals surface area contributed by atoms with Crippen LogP contribution in [-0.4, -0.2) is 23.5 Å². The monoisotopic (exact) mass is 410 g/mol. The zero-order chi connectivity index (χ0) is 21.0. The maximum atomic E-state index is 12.7. The van der Waals surface area contributed by atoms with Crippen LogP contribution in [0.25, 0.3) is 11.1 Å². The summed E-state index contributed by atoms with van der Waals surface area (Å²) in [6, 6.07) is 8.73. The van der Waals surface area contributed by atoms with Gasteiger partial charge in [-0.25, -0.2) is 14.6 Å². The number of ether oxygens (including phenoxy) is 2. The first-order valence-electron chi connectivity index (χ1n) is 9.13. The molecule has 7 heteroatoms. The smallest absolute Gasteiger partial charge is 0.366 e. The van der Waals surface area contributed by atoms with E-state index in [1.807, 2.05) is 36.7 Å². The Hall–Kier alpha value is -3.19. The van der Waals surface area contributed by atoms with Crippen molar-refractivity contribution in [2.45, 2.75) is 20.8 Å². The molecule has 1 aromatic carbocycles. The Morgan fingerprint density at radius 1 is 1.14 bits per heavy atom. The summed E-state index contributed by atoms with van der Waals surface area (Å²) in [4.78, 5) is 29.0. The Kier molecular flexibility index (Phi) is 6.29. The van der Waals surface area contributed by atoms with Crippen LogP contribution in [0.15, 0.2) is 47.3 Å². The van der Waals surface area contributed by atoms with E-state index in [1.54, 1.807) is 36.5 Å². The number of carbonyl (C=O) groups excluding carboxylic acids is 2. The van der Waals surface area contributed by atoms with Gasteiger partial charge in [0.05, 0.1) is 17.9 Å². The van der Waals surface area contributed by atoms with Gasteiger partial charge in [0.15, 0.2) is 5.69 Å². The highest BCUT2D eigenvalue weighted by molar-refractivity contribution is 7.08. The molecule has 0 fully saturated rings. The van der Waals surface area contributed by atoms with Crippen molar-refractivity contribution in [3.8, 4) is 16.9 Å². The van der Waals surface area contributed by atoms with Gasteiger partial charge >= 0.3 is 11.9 Å². The lowest BCUT2D eigenvalue weighted by molar-refractivity contribution is 0.0394. The lowest BCUT2D eigenvalue weighted by atomic mass is 10.1. The topological polar surface area (TPSA) is 91.5 Å². The minimum Gasteiger partial charge on any atom is -0.493 e. The van der Waals surface area contributed by atoms with Crippen molar-refractivity contribution in [1.29, 1.82) is 0 Å². The lowest BCUT2D eigenvalue weighted by Gasteiger charge is -2.12. The lowest BCUT2D eigenvalue weighted by Crippen LogP contribution is -2.16. The number of benzene rings is 1. The molecule has 29 heavy (non-hydrogen) atoms. The van der Waals surface area contributed by atoms with Crippen molar-refractivity contribution in [1.82, 2.24) is 4.98 Å². The molecular formula is C22H22N2O4S. The highest BCUT2D eigenvalue weighted by Gasteiger charge is 2.21. The number of hydrogen-bond donors (Lipinski definition) is 1. The van der Waals surface area contributed by atoms with Crippen LogP contribution in [0, 0.1) is 12.8 Å². The molecule has 2 aromatic heterocycles. The van der Waals surface area contributed by atoms with Gasteiger partial charge in [-0.1, -0.05) is 13.8 Å². The molecule has 6 nitrogen and oxygen atoms in total. The minimum atomic E-state index is -0.887. The fraction of sp³-hybridized carbons (Fsp3) is 0.227. The second kappa shape index (κ2) is 8.87. The Labute approximate surface area is 173 Å². The van der Waals surface area contributed by atoms with Crippen molar-refractivity contribution >= 4 is 29.0 Å². The number of carbonyl (C=O) groups is 2. The molecule has 2 heterocycles. The van der Waals surface area contributed by atoms with E-state index in [9.17, 15) is 9.59 Å². The van der Waals surface area contributed by atoms with Gasteiger partial charge in [-0.15, -0.1) is 0 Å². The molecule has 0 aliphatic heterocycles. The van der Waals surface area contributed by atoms with Crippen molar-refractivity contribution in [3.05, 3.63) is 64.1 Å². The van der Waals surface area contributed by atoms with Gasteiger partial charge in [0, 0.05) is 6.20 Å². The van der Waals surface area contributed by atoms with Crippen molar-refractivity contribution in [3.63, 3.8) is 0 Å². The standard InChI is InChI=1S/C22H22N2O4S/c1-13(2)11-27-18-9-16(15-5-7-29-12-15)8-17(10-18)21(25)28-22(26)20-19(23)14(3)4-6-24-20/h4-10,12-13H,11,23H2,1-3H3. The van der Waals surface area contributed by atoms with Crippen LogP contribution < -0.4 is 10.5 Å². The molecule has 0 amide bonds. The van der Waals surface area contributed by atoms with Crippen molar-refractivity contribution < 1.29 is 19.1 Å². The third kappa shape index (κ3) is 5.00. The van der Waals surface area contributed by atoms with Crippen LogP contribution in [-0.2, 0) is 4.74 Å². The molecule has 3 aromatic rings. The predicted molar refractivity (Wildman–Crippen MR) is 113 cm³/mol. The molecule has 0 aliphatic carbocycles. The Balaban J connectivity index is 1.88. The van der Waals surface area contributed by atoms with Gasteiger partial charge in [-0.2, -0.15) is 11.3 Å². The van der Waals surface area contributed by atoms with Crippen LogP contribution in [0.2, 0.25) is 0 Å². The van der Waals surface area contributed by atoms with E-state index >= 15 is 0 Å². The summed E-state index contributed by atoms with van der Waals surface area (Å²) in [6.45, 7) is 6.33. The number of anilines is 1. The zero-order valence-corrected chi connectivity index (χ0v) is 17.3. The second-order valence-corrected chi connectivity index (χ2v) is 7.81. The molecule has 0 radical (unpaired) electrons. The summed E-state index contributed by atoms with van der Waals surface area (Å²) >= 11 is 1.55. The number of pyridine rings is 1. The number of esters is 2. The zero-order valence-electron chi connectivity index (χ0n) is 16.5. The molecule has 0 bridgehead atoms. The first-order valence-corrected chi connectivity index (χ1v) is 10.1. The fourth-order valence-corrected chi connectivity index (χ4v) is 3.25. The number of hydrogen-bond acceptors (Lipinski definition) is 7. The summed E-state index contributed by atoms with van der Waals surface area (Å²) in [5, 5.41) is 3.92. The largest absolute Gasteiger partial charge is 0.493 e. The maximum absolute atomic E-state index is 12.7. The van der Waals surface area contributed by atoms with E-state index in [-0.39, 0.29) is 16.9 Å². The summed E-state index contributed by atoms with van der Waals surface area (Å²) in [6.07, 6.45) is 1.45. The van der Waals surface area contributed by atoms with E-state index in [0.717, 1.165) is 11.1 Å². The summed E-state index contributed by atoms with van der Waals surface area (Å²) in [5.41, 5.74) is 8.66. The van der Waals surface area contributed by atoms with Gasteiger partial charge in [-0.3, -0.25) is 0 Å². The number of aryl methyl sites for hydroxylation is 1. The molecule has 0 saturated heterocycles. The molecule has 0 saturated carbocycles. The number of nitrogens with zero attached hydrogens (tertiary/aromatic N) is 1. The average Bonchev–Trinajstić information content (AvgIpc) is 3.23. The van der Waals surface area contributed by atoms with Crippen LogP contribution in [0.5, 0.6) is 5.75 Å². The van der Waals surface area contributed by atoms with E-state index in [1.165, 1.54) is 6.20 Å². The van der Waals surface area contributed by atoms with Gasteiger partial charge in [0.1, 0.15) is 5.75 Å². The van der Waals surface area contributed by atoms with Crippen LogP contribution in [0.1, 0.15) is 40.3 Å². The molecule has 0 atom stereocenters. The minimum absolute atomic E-state index is 0.0800. The van der Waals surface area contributed by atoms with E-state index in [4.69, 9.17) is 15.2 Å². The molecule has 2 N–H and O–H groups in total. The quantitative estimate of drug-likeness (QED) is 0.466. The van der Waals surface area contributed by atoms with Gasteiger partial charge < -0.3 is 15.2 Å². The second-order valence-electron chi connectivity index (χ2n) is 7.03. The number of aromatic nitrogens is 1. The highest BCUT2D eigenvalue weighted by Crippen LogP contribution is 2.29. The normalized spacial score (nSPS) is 10.8. The molecule has 150 valence electrons. The molecule has 3 rings (SSSR count). The number of nitrogen functional groups attached to an aromatic ring is 1. The maximum Gasteiger partial charge on any atom is 0.366 e. The third-order valence-electron chi connectivity index (χ3n) is 4.17. The summed E-state index contributed by atoms with van der Waals surface area (Å²) in [7, 11) is 0. The predicted octanol–water partition coefficient (Wildman–Crippen LogP) is 4.73. The third-order valence-corrected chi connectivity index (χ3v) is 4.85. The van der Waals surface area contributed by atoms with E-state index in [0.29, 0.717) is 23.8 Å². The average molecular weight is 410 g/mol. The van der Waals surface area contributed by atoms with Crippen LogP contribution in [0.4, 0.5) is 5.69 Å². The van der Waals surface area contributed by atoms with Crippen molar-refractivity contribution in [2.75, 3.05) is 12.3 Å². The SMILES string of the molecule is Cc1ccnc(C(=O)OC(=O)c2cc(OCC(C)C)cc(-c3ccsc3)c2)c1N. The Bertz CT molecular complexity index is 1030. The van der Waals surface area contributed by atoms with Gasteiger partial charge in [0.2, 0.25) is 0 Å². The number of rotatable bonds is 6. The van der Waals surface area contributed by atoms with E-state index in [2.05, 4.69) is 4.98 Å². The Morgan fingerprint density at radius 3 is 2.62 bits per heavy atom. The van der Waals surface area contributed by atoms with Gasteiger partial charge in [0.25, 0.3) is 0 Å². The molecular weight excluding hydrogens is 388 g/mol. The molecule has 0 spiro atoms. The summed E-state index contributed by atoms with van der Waals surface area (Å²) < 4.78 is 10.8. The molecule has 0 unspecified atom stereocenters. The number of thiophene rings is 1. The van der Waals surface area contributed by atoms with Crippen LogP contribution >= 0.6 is 11.3 Å². The molecule has 0 aliphatic rings.